The lowest BCUT2D eigenvalue weighted by atomic mass is 9.85. The van der Waals surface area contributed by atoms with Crippen LogP contribution < -0.4 is 4.84 Å². The molecule has 2 aromatic carbocycles. The summed E-state index contributed by atoms with van der Waals surface area (Å²) in [5.41, 5.74) is 3.42. The van der Waals surface area contributed by atoms with Crippen LogP contribution in [0.3, 0.4) is 0 Å². The molecular weight excluding hydrogens is 387 g/mol. The molecule has 28 heavy (non-hydrogen) atoms. The Morgan fingerprint density at radius 3 is 2.50 bits per heavy atom. The van der Waals surface area contributed by atoms with Crippen molar-refractivity contribution in [2.75, 3.05) is 13.1 Å². The number of hydroxylamine groups is 2. The Morgan fingerprint density at radius 1 is 1.04 bits per heavy atom. The lowest BCUT2D eigenvalue weighted by molar-refractivity contribution is -0.138. The Labute approximate surface area is 166 Å². The third-order valence-electron chi connectivity index (χ3n) is 5.13. The van der Waals surface area contributed by atoms with Gasteiger partial charge in [0.15, 0.2) is 5.75 Å². The summed E-state index contributed by atoms with van der Waals surface area (Å²) in [6.45, 7) is 5.50. The molecule has 0 unspecified atom stereocenters. The molecule has 0 amide bonds. The van der Waals surface area contributed by atoms with Crippen LogP contribution in [-0.2, 0) is 12.6 Å². The van der Waals surface area contributed by atoms with Crippen molar-refractivity contribution < 1.29 is 18.0 Å². The molecule has 0 spiro atoms. The maximum atomic E-state index is 13.3. The summed E-state index contributed by atoms with van der Waals surface area (Å²) in [5, 5.41) is 2.34. The highest BCUT2D eigenvalue weighted by molar-refractivity contribution is 6.31. The Balaban J connectivity index is 1.76. The molecule has 0 atom stereocenters. The SMILES string of the molecule is C=C1C=C(c2ccc(C(F)(F)F)cc2ON2CCCC2)Cc2c(Cl)cccc21. The Hall–Kier alpha value is -2.24. The maximum Gasteiger partial charge on any atom is 0.416 e. The number of nitrogens with zero attached hydrogens (tertiary/aromatic N) is 1. The van der Waals surface area contributed by atoms with E-state index < -0.39 is 11.7 Å². The van der Waals surface area contributed by atoms with E-state index in [9.17, 15) is 13.2 Å². The van der Waals surface area contributed by atoms with Gasteiger partial charge in [0.2, 0.25) is 0 Å². The molecule has 0 radical (unpaired) electrons. The molecule has 1 aliphatic carbocycles. The van der Waals surface area contributed by atoms with Gasteiger partial charge in [-0.05, 0) is 53.3 Å². The number of alkyl halides is 3. The number of halogens is 4. The zero-order valence-electron chi connectivity index (χ0n) is 15.2. The number of rotatable bonds is 3. The molecule has 0 saturated carbocycles. The van der Waals surface area contributed by atoms with Gasteiger partial charge in [0.25, 0.3) is 0 Å². The Bertz CT molecular complexity index is 959. The lowest BCUT2D eigenvalue weighted by Gasteiger charge is -2.24. The second-order valence-electron chi connectivity index (χ2n) is 7.07. The third-order valence-corrected chi connectivity index (χ3v) is 5.48. The predicted molar refractivity (Wildman–Crippen MR) is 105 cm³/mol. The molecule has 1 heterocycles. The van der Waals surface area contributed by atoms with Crippen molar-refractivity contribution in [1.29, 1.82) is 0 Å². The molecule has 2 aromatic rings. The van der Waals surface area contributed by atoms with Gasteiger partial charge in [-0.3, -0.25) is 0 Å². The van der Waals surface area contributed by atoms with Crippen molar-refractivity contribution in [3.05, 3.63) is 76.3 Å². The lowest BCUT2D eigenvalue weighted by Crippen LogP contribution is -2.24. The zero-order valence-corrected chi connectivity index (χ0v) is 15.9. The topological polar surface area (TPSA) is 12.5 Å². The van der Waals surface area contributed by atoms with Crippen molar-refractivity contribution in [2.45, 2.75) is 25.4 Å². The van der Waals surface area contributed by atoms with E-state index in [0.717, 1.165) is 47.2 Å². The molecular formula is C22H19ClF3NO. The third kappa shape index (κ3) is 3.69. The van der Waals surface area contributed by atoms with Crippen LogP contribution in [0.1, 0.15) is 35.1 Å². The van der Waals surface area contributed by atoms with E-state index in [0.29, 0.717) is 30.1 Å². The van der Waals surface area contributed by atoms with Crippen LogP contribution in [0.4, 0.5) is 13.2 Å². The molecule has 2 aliphatic rings. The number of hydrogen-bond donors (Lipinski definition) is 0. The highest BCUT2D eigenvalue weighted by atomic mass is 35.5. The summed E-state index contributed by atoms with van der Waals surface area (Å²) in [6.07, 6.45) is -0.0798. The Kier molecular flexibility index (Phi) is 4.98. The highest BCUT2D eigenvalue weighted by Crippen LogP contribution is 2.41. The summed E-state index contributed by atoms with van der Waals surface area (Å²) in [6, 6.07) is 9.29. The minimum Gasteiger partial charge on any atom is -0.405 e. The average molecular weight is 406 g/mol. The molecule has 146 valence electrons. The highest BCUT2D eigenvalue weighted by Gasteiger charge is 2.32. The van der Waals surface area contributed by atoms with E-state index in [1.807, 2.05) is 24.3 Å². The fourth-order valence-corrected chi connectivity index (χ4v) is 3.94. The van der Waals surface area contributed by atoms with Crippen LogP contribution in [0.2, 0.25) is 5.02 Å². The van der Waals surface area contributed by atoms with Crippen molar-refractivity contribution in [3.63, 3.8) is 0 Å². The molecule has 2 nitrogen and oxygen atoms in total. The minimum atomic E-state index is -4.43. The normalized spacial score (nSPS) is 17.4. The molecule has 1 saturated heterocycles. The maximum absolute atomic E-state index is 13.3. The van der Waals surface area contributed by atoms with Gasteiger partial charge in [-0.2, -0.15) is 13.2 Å². The monoisotopic (exact) mass is 405 g/mol. The smallest absolute Gasteiger partial charge is 0.405 e. The first kappa shape index (κ1) is 19.1. The fraction of sp³-hybridized carbons (Fsp3) is 0.273. The summed E-state index contributed by atoms with van der Waals surface area (Å²) in [5.74, 6) is 0.214. The summed E-state index contributed by atoms with van der Waals surface area (Å²) in [7, 11) is 0. The van der Waals surface area contributed by atoms with Crippen molar-refractivity contribution in [3.8, 4) is 5.75 Å². The van der Waals surface area contributed by atoms with Crippen molar-refractivity contribution >= 4 is 22.7 Å². The molecule has 6 heteroatoms. The molecule has 0 aromatic heterocycles. The van der Waals surface area contributed by atoms with E-state index in [-0.39, 0.29) is 5.75 Å². The van der Waals surface area contributed by atoms with Gasteiger partial charge in [-0.1, -0.05) is 42.5 Å². The van der Waals surface area contributed by atoms with Crippen LogP contribution in [0.15, 0.2) is 49.1 Å². The zero-order chi connectivity index (χ0) is 19.9. The van der Waals surface area contributed by atoms with E-state index in [1.54, 1.807) is 5.06 Å². The van der Waals surface area contributed by atoms with E-state index in [2.05, 4.69) is 6.58 Å². The van der Waals surface area contributed by atoms with Crippen LogP contribution in [0, 0.1) is 0 Å². The van der Waals surface area contributed by atoms with E-state index in [4.69, 9.17) is 16.4 Å². The second kappa shape index (κ2) is 7.30. The number of hydrogen-bond acceptors (Lipinski definition) is 2. The van der Waals surface area contributed by atoms with E-state index in [1.165, 1.54) is 6.07 Å². The fourth-order valence-electron chi connectivity index (χ4n) is 3.70. The molecule has 0 N–H and O–H groups in total. The van der Waals surface area contributed by atoms with Gasteiger partial charge in [0.1, 0.15) is 0 Å². The first-order valence-electron chi connectivity index (χ1n) is 9.15. The first-order valence-corrected chi connectivity index (χ1v) is 9.52. The second-order valence-corrected chi connectivity index (χ2v) is 7.48. The minimum absolute atomic E-state index is 0.214. The van der Waals surface area contributed by atoms with E-state index >= 15 is 0 Å². The van der Waals surface area contributed by atoms with Crippen LogP contribution in [-0.4, -0.2) is 18.2 Å². The first-order chi connectivity index (χ1) is 13.3. The van der Waals surface area contributed by atoms with Crippen LogP contribution >= 0.6 is 11.6 Å². The summed E-state index contributed by atoms with van der Waals surface area (Å²) < 4.78 is 39.8. The van der Waals surface area contributed by atoms with Gasteiger partial charge in [0.05, 0.1) is 5.56 Å². The average Bonchev–Trinajstić information content (AvgIpc) is 3.15. The van der Waals surface area contributed by atoms with Crippen molar-refractivity contribution in [2.24, 2.45) is 0 Å². The van der Waals surface area contributed by atoms with Gasteiger partial charge in [0, 0.05) is 30.1 Å². The Morgan fingerprint density at radius 2 is 1.79 bits per heavy atom. The van der Waals surface area contributed by atoms with Gasteiger partial charge in [-0.15, -0.1) is 5.06 Å². The standard InChI is InChI=1S/C22H19ClF3NO/c1-14-11-15(12-19-17(14)5-4-6-20(19)23)18-8-7-16(22(24,25)26)13-21(18)28-27-9-2-3-10-27/h4-8,11,13H,1-3,9-10,12H2. The molecule has 1 fully saturated rings. The van der Waals surface area contributed by atoms with Gasteiger partial charge in [-0.25, -0.2) is 0 Å². The number of allylic oxidation sites excluding steroid dienone is 3. The largest absolute Gasteiger partial charge is 0.416 e. The number of benzene rings is 2. The predicted octanol–water partition coefficient (Wildman–Crippen LogP) is 6.40. The van der Waals surface area contributed by atoms with Crippen LogP contribution in [0.5, 0.6) is 5.75 Å². The quantitative estimate of drug-likeness (QED) is 0.585. The van der Waals surface area contributed by atoms with Gasteiger partial charge < -0.3 is 4.84 Å². The molecule has 0 bridgehead atoms. The number of fused-ring (bicyclic) bond motifs is 1. The molecule has 4 rings (SSSR count). The van der Waals surface area contributed by atoms with Crippen LogP contribution in [0.25, 0.3) is 11.1 Å². The summed E-state index contributed by atoms with van der Waals surface area (Å²) >= 11 is 6.37. The van der Waals surface area contributed by atoms with Crippen molar-refractivity contribution in [1.82, 2.24) is 5.06 Å². The summed E-state index contributed by atoms with van der Waals surface area (Å²) in [4.78, 5) is 5.88. The molecule has 1 aliphatic heterocycles. The van der Waals surface area contributed by atoms with Gasteiger partial charge >= 0.3 is 6.18 Å².